The molecule has 0 aromatic heterocycles. The van der Waals surface area contributed by atoms with Gasteiger partial charge in [0.15, 0.2) is 0 Å². The Hall–Kier alpha value is -1.85. The Labute approximate surface area is 149 Å². The Morgan fingerprint density at radius 3 is 2.56 bits per heavy atom. The molecule has 0 saturated carbocycles. The van der Waals surface area contributed by atoms with Crippen molar-refractivity contribution in [3.63, 3.8) is 0 Å². The fourth-order valence-corrected chi connectivity index (χ4v) is 5.41. The maximum Gasteiger partial charge on any atom is 0.243 e. The molecule has 2 aromatic rings. The fraction of sp³-hybridized carbons (Fsp3) is 0.400. The van der Waals surface area contributed by atoms with Crippen molar-refractivity contribution < 1.29 is 8.42 Å². The van der Waals surface area contributed by atoms with Gasteiger partial charge in [-0.25, -0.2) is 8.42 Å². The molecule has 25 heavy (non-hydrogen) atoms. The van der Waals surface area contributed by atoms with E-state index >= 15 is 0 Å². The van der Waals surface area contributed by atoms with E-state index in [1.54, 1.807) is 10.4 Å². The van der Waals surface area contributed by atoms with Crippen molar-refractivity contribution in [2.75, 3.05) is 25.0 Å². The zero-order valence-electron chi connectivity index (χ0n) is 14.3. The van der Waals surface area contributed by atoms with Crippen LogP contribution in [-0.4, -0.2) is 32.4 Å². The van der Waals surface area contributed by atoms with Crippen molar-refractivity contribution in [1.82, 2.24) is 4.31 Å². The first-order chi connectivity index (χ1) is 12.1. The summed E-state index contributed by atoms with van der Waals surface area (Å²) in [5.41, 5.74) is 3.52. The molecule has 1 N–H and O–H groups in total. The average Bonchev–Trinajstić information content (AvgIpc) is 3.11. The number of piperidine rings is 1. The summed E-state index contributed by atoms with van der Waals surface area (Å²) in [7, 11) is -3.37. The zero-order valence-corrected chi connectivity index (χ0v) is 15.1. The van der Waals surface area contributed by atoms with Gasteiger partial charge in [0, 0.05) is 25.3 Å². The van der Waals surface area contributed by atoms with Crippen LogP contribution in [0.3, 0.4) is 0 Å². The van der Waals surface area contributed by atoms with E-state index in [9.17, 15) is 8.42 Å². The van der Waals surface area contributed by atoms with E-state index in [0.29, 0.717) is 23.9 Å². The maximum atomic E-state index is 13.0. The minimum absolute atomic E-state index is 0.441. The highest BCUT2D eigenvalue weighted by Gasteiger charge is 2.30. The van der Waals surface area contributed by atoms with Crippen LogP contribution in [0.1, 0.15) is 24.0 Å². The molecule has 2 aromatic carbocycles. The van der Waals surface area contributed by atoms with E-state index in [4.69, 9.17) is 0 Å². The molecule has 2 aliphatic heterocycles. The van der Waals surface area contributed by atoms with E-state index in [0.717, 1.165) is 43.5 Å². The minimum atomic E-state index is -3.37. The molecule has 1 fully saturated rings. The molecule has 132 valence electrons. The van der Waals surface area contributed by atoms with Crippen LogP contribution in [0.2, 0.25) is 0 Å². The highest BCUT2D eigenvalue weighted by molar-refractivity contribution is 7.89. The lowest BCUT2D eigenvalue weighted by atomic mass is 9.91. The van der Waals surface area contributed by atoms with E-state index in [2.05, 4.69) is 29.6 Å². The number of hydrogen-bond acceptors (Lipinski definition) is 3. The Bertz CT molecular complexity index is 841. The fourth-order valence-electron chi connectivity index (χ4n) is 3.89. The Kier molecular flexibility index (Phi) is 4.52. The van der Waals surface area contributed by atoms with Crippen LogP contribution >= 0.6 is 0 Å². The minimum Gasteiger partial charge on any atom is -0.384 e. The standard InChI is InChI=1S/C20H24N2O2S/c23-25(24,19-6-7-20-18(15-19)8-11-21-20)22-12-9-17(10-13-22)14-16-4-2-1-3-5-16/h1-7,15,17,21H,8-14H2. The number of nitrogens with zero attached hydrogens (tertiary/aromatic N) is 1. The topological polar surface area (TPSA) is 49.4 Å². The molecule has 0 amide bonds. The monoisotopic (exact) mass is 356 g/mol. The van der Waals surface area contributed by atoms with Gasteiger partial charge in [0.1, 0.15) is 0 Å². The molecule has 2 aliphatic rings. The van der Waals surface area contributed by atoms with Gasteiger partial charge in [0.2, 0.25) is 10.0 Å². The molecule has 0 radical (unpaired) electrons. The number of hydrogen-bond donors (Lipinski definition) is 1. The van der Waals surface area contributed by atoms with Gasteiger partial charge in [0.25, 0.3) is 0 Å². The van der Waals surface area contributed by atoms with Crippen molar-refractivity contribution in [1.29, 1.82) is 0 Å². The first kappa shape index (κ1) is 16.6. The van der Waals surface area contributed by atoms with E-state index in [-0.39, 0.29) is 0 Å². The summed E-state index contributed by atoms with van der Waals surface area (Å²) in [6.45, 7) is 2.13. The van der Waals surface area contributed by atoms with Crippen molar-refractivity contribution in [3.05, 3.63) is 59.7 Å². The van der Waals surface area contributed by atoms with Gasteiger partial charge in [-0.1, -0.05) is 30.3 Å². The summed E-state index contributed by atoms with van der Waals surface area (Å²) >= 11 is 0. The maximum absolute atomic E-state index is 13.0. The van der Waals surface area contributed by atoms with Gasteiger partial charge in [-0.05, 0) is 60.9 Å². The van der Waals surface area contributed by atoms with Crippen molar-refractivity contribution in [2.24, 2.45) is 5.92 Å². The quantitative estimate of drug-likeness (QED) is 0.914. The molecule has 0 aliphatic carbocycles. The molecule has 0 bridgehead atoms. The normalized spacial score (nSPS) is 18.7. The third-order valence-electron chi connectivity index (χ3n) is 5.36. The summed E-state index contributed by atoms with van der Waals surface area (Å²) in [5.74, 6) is 0.568. The van der Waals surface area contributed by atoms with Crippen LogP contribution < -0.4 is 5.32 Å². The van der Waals surface area contributed by atoms with E-state index in [1.165, 1.54) is 5.56 Å². The van der Waals surface area contributed by atoms with Crippen molar-refractivity contribution in [2.45, 2.75) is 30.6 Å². The lowest BCUT2D eigenvalue weighted by Crippen LogP contribution is -2.38. The molecule has 1 saturated heterocycles. The highest BCUT2D eigenvalue weighted by atomic mass is 32.2. The van der Waals surface area contributed by atoms with E-state index in [1.807, 2.05) is 18.2 Å². The Morgan fingerprint density at radius 1 is 1.04 bits per heavy atom. The Balaban J connectivity index is 1.43. The van der Waals surface area contributed by atoms with Crippen molar-refractivity contribution in [3.8, 4) is 0 Å². The van der Waals surface area contributed by atoms with Gasteiger partial charge >= 0.3 is 0 Å². The first-order valence-electron chi connectivity index (χ1n) is 9.04. The summed E-state index contributed by atoms with van der Waals surface area (Å²) < 4.78 is 27.6. The van der Waals surface area contributed by atoms with Crippen LogP contribution in [0.4, 0.5) is 5.69 Å². The molecule has 0 atom stereocenters. The lowest BCUT2D eigenvalue weighted by molar-refractivity contribution is 0.273. The van der Waals surface area contributed by atoms with Crippen LogP contribution in [0, 0.1) is 5.92 Å². The highest BCUT2D eigenvalue weighted by Crippen LogP contribution is 2.29. The predicted molar refractivity (Wildman–Crippen MR) is 100 cm³/mol. The zero-order chi connectivity index (χ0) is 17.3. The third kappa shape index (κ3) is 3.44. The SMILES string of the molecule is O=S(=O)(c1ccc2c(c1)CCN2)N1CCC(Cc2ccccc2)CC1. The van der Waals surface area contributed by atoms with Gasteiger partial charge in [0.05, 0.1) is 4.90 Å². The molecule has 0 spiro atoms. The van der Waals surface area contributed by atoms with Gasteiger partial charge in [-0.3, -0.25) is 0 Å². The molecule has 4 rings (SSSR count). The predicted octanol–water partition coefficient (Wildman–Crippen LogP) is 3.30. The third-order valence-corrected chi connectivity index (χ3v) is 7.26. The van der Waals surface area contributed by atoms with Crippen molar-refractivity contribution >= 4 is 15.7 Å². The summed E-state index contributed by atoms with van der Waals surface area (Å²) in [6, 6.07) is 16.0. The van der Waals surface area contributed by atoms with Gasteiger partial charge in [-0.2, -0.15) is 4.31 Å². The summed E-state index contributed by atoms with van der Waals surface area (Å²) in [6.07, 6.45) is 3.80. The number of fused-ring (bicyclic) bond motifs is 1. The van der Waals surface area contributed by atoms with Crippen LogP contribution in [0.5, 0.6) is 0 Å². The molecular formula is C20H24N2O2S. The molecular weight excluding hydrogens is 332 g/mol. The molecule has 2 heterocycles. The Morgan fingerprint density at radius 2 is 1.80 bits per heavy atom. The number of sulfonamides is 1. The van der Waals surface area contributed by atoms with Gasteiger partial charge in [-0.15, -0.1) is 0 Å². The second-order valence-electron chi connectivity index (χ2n) is 7.03. The molecule has 0 unspecified atom stereocenters. The largest absolute Gasteiger partial charge is 0.384 e. The number of rotatable bonds is 4. The smallest absolute Gasteiger partial charge is 0.243 e. The van der Waals surface area contributed by atoms with Crippen LogP contribution in [0.25, 0.3) is 0 Å². The summed E-state index contributed by atoms with van der Waals surface area (Å²) in [5, 5.41) is 3.28. The second kappa shape index (κ2) is 6.81. The summed E-state index contributed by atoms with van der Waals surface area (Å²) in [4.78, 5) is 0.441. The number of benzene rings is 2. The van der Waals surface area contributed by atoms with Gasteiger partial charge < -0.3 is 5.32 Å². The average molecular weight is 356 g/mol. The number of anilines is 1. The first-order valence-corrected chi connectivity index (χ1v) is 10.5. The number of nitrogens with one attached hydrogen (secondary N) is 1. The van der Waals surface area contributed by atoms with Crippen LogP contribution in [-0.2, 0) is 22.9 Å². The lowest BCUT2D eigenvalue weighted by Gasteiger charge is -2.31. The molecule has 4 nitrogen and oxygen atoms in total. The molecule has 5 heteroatoms. The second-order valence-corrected chi connectivity index (χ2v) is 8.97. The van der Waals surface area contributed by atoms with E-state index < -0.39 is 10.0 Å². The van der Waals surface area contributed by atoms with Crippen LogP contribution in [0.15, 0.2) is 53.4 Å².